The number of carbonyl (C=O) groups excluding carboxylic acids is 1. The fraction of sp³-hybridized carbons (Fsp3) is 0.310. The van der Waals surface area contributed by atoms with Gasteiger partial charge in [-0.25, -0.2) is 14.6 Å². The summed E-state index contributed by atoms with van der Waals surface area (Å²) in [6, 6.07) is 7.91. The third-order valence-corrected chi connectivity index (χ3v) is 8.20. The third-order valence-electron chi connectivity index (χ3n) is 6.04. The molecule has 1 aliphatic heterocycles. The summed E-state index contributed by atoms with van der Waals surface area (Å²) in [6.45, 7) is 6.90. The van der Waals surface area contributed by atoms with Crippen LogP contribution in [0.25, 0.3) is 6.08 Å². The first-order valence-corrected chi connectivity index (χ1v) is 15.2. The van der Waals surface area contributed by atoms with Crippen molar-refractivity contribution < 1.29 is 33.6 Å². The monoisotopic (exact) mass is 722 g/mol. The van der Waals surface area contributed by atoms with Crippen LogP contribution in [0.15, 0.2) is 60.3 Å². The van der Waals surface area contributed by atoms with Crippen molar-refractivity contribution in [2.45, 2.75) is 39.8 Å². The Balaban J connectivity index is 1.89. The number of rotatable bonds is 10. The predicted molar refractivity (Wildman–Crippen MR) is 164 cm³/mol. The number of fused-ring (bicyclic) bond motifs is 1. The maximum atomic E-state index is 14.0. The van der Waals surface area contributed by atoms with Gasteiger partial charge in [-0.3, -0.25) is 9.36 Å². The van der Waals surface area contributed by atoms with Gasteiger partial charge in [-0.1, -0.05) is 17.4 Å². The zero-order valence-corrected chi connectivity index (χ0v) is 27.4. The SMILES string of the molecule is CCOC(=O)C1=C(C)N=c2s/c(=C\c3cc(Br)c(OCC(=O)O)c(Br)c3)c(=O)n2[C@H]1c1ccc(OC(C)C)c(OC)c1. The van der Waals surface area contributed by atoms with Gasteiger partial charge in [0.05, 0.1) is 50.6 Å². The maximum absolute atomic E-state index is 14.0. The number of benzene rings is 2. The van der Waals surface area contributed by atoms with Crippen LogP contribution in [0.2, 0.25) is 0 Å². The Morgan fingerprint density at radius 1 is 1.17 bits per heavy atom. The van der Waals surface area contributed by atoms with Crippen LogP contribution in [0.3, 0.4) is 0 Å². The first kappa shape index (κ1) is 31.5. The summed E-state index contributed by atoms with van der Waals surface area (Å²) in [4.78, 5) is 43.1. The van der Waals surface area contributed by atoms with Crippen LogP contribution >= 0.6 is 43.2 Å². The highest BCUT2D eigenvalue weighted by Gasteiger charge is 2.34. The van der Waals surface area contributed by atoms with Gasteiger partial charge >= 0.3 is 11.9 Å². The van der Waals surface area contributed by atoms with Crippen molar-refractivity contribution in [2.75, 3.05) is 20.3 Å². The molecule has 0 radical (unpaired) electrons. The lowest BCUT2D eigenvalue weighted by atomic mass is 9.95. The van der Waals surface area contributed by atoms with Gasteiger partial charge in [0.25, 0.3) is 5.56 Å². The summed E-state index contributed by atoms with van der Waals surface area (Å²) in [5.41, 5.74) is 1.62. The average Bonchev–Trinajstić information content (AvgIpc) is 3.21. The van der Waals surface area contributed by atoms with Crippen molar-refractivity contribution in [1.82, 2.24) is 4.57 Å². The normalized spacial score (nSPS) is 14.9. The Kier molecular flexibility index (Phi) is 9.95. The number of allylic oxidation sites excluding steroid dienone is 1. The summed E-state index contributed by atoms with van der Waals surface area (Å²) in [6.07, 6.45) is 1.61. The second-order valence-corrected chi connectivity index (χ2v) is 12.1. The second kappa shape index (κ2) is 13.3. The van der Waals surface area contributed by atoms with Gasteiger partial charge in [-0.05, 0) is 101 Å². The summed E-state index contributed by atoms with van der Waals surface area (Å²) in [5.74, 6) is -0.352. The molecule has 1 aliphatic rings. The molecule has 0 unspecified atom stereocenters. The van der Waals surface area contributed by atoms with E-state index in [2.05, 4.69) is 36.9 Å². The average molecular weight is 724 g/mol. The lowest BCUT2D eigenvalue weighted by Gasteiger charge is -2.25. The molecule has 2 heterocycles. The van der Waals surface area contributed by atoms with E-state index in [1.54, 1.807) is 50.3 Å². The van der Waals surface area contributed by atoms with E-state index < -0.39 is 24.6 Å². The standard InChI is InChI=1S/C29H28Br2N2O8S/c1-6-39-28(37)24-15(4)32-29-33(25(24)17-7-8-20(41-14(2)3)21(12-17)38-5)27(36)22(42-29)11-16-9-18(30)26(19(31)10-16)40-13-23(34)35/h7-12,14,25H,6,13H2,1-5H3,(H,34,35)/b22-11-/t25-/m0/s1. The van der Waals surface area contributed by atoms with Gasteiger partial charge < -0.3 is 24.1 Å². The highest BCUT2D eigenvalue weighted by Crippen LogP contribution is 2.37. The van der Waals surface area contributed by atoms with E-state index in [0.717, 1.165) is 0 Å². The lowest BCUT2D eigenvalue weighted by Crippen LogP contribution is -2.40. The molecule has 0 spiro atoms. The minimum Gasteiger partial charge on any atom is -0.493 e. The van der Waals surface area contributed by atoms with Crippen molar-refractivity contribution in [1.29, 1.82) is 0 Å². The molecular formula is C29H28Br2N2O8S. The zero-order valence-electron chi connectivity index (χ0n) is 23.4. The Labute approximate surface area is 262 Å². The van der Waals surface area contributed by atoms with Gasteiger partial charge in [0.2, 0.25) is 0 Å². The van der Waals surface area contributed by atoms with E-state index >= 15 is 0 Å². The maximum Gasteiger partial charge on any atom is 0.341 e. The smallest absolute Gasteiger partial charge is 0.341 e. The number of carbonyl (C=O) groups is 2. The molecule has 0 saturated carbocycles. The number of carboxylic acids is 1. The molecule has 0 fully saturated rings. The van der Waals surface area contributed by atoms with Crippen LogP contribution in [0.5, 0.6) is 17.2 Å². The van der Waals surface area contributed by atoms with Crippen molar-refractivity contribution in [3.63, 3.8) is 0 Å². The van der Waals surface area contributed by atoms with Crippen LogP contribution in [-0.2, 0) is 14.3 Å². The molecule has 10 nitrogen and oxygen atoms in total. The van der Waals surface area contributed by atoms with Crippen LogP contribution < -0.4 is 29.1 Å². The second-order valence-electron chi connectivity index (χ2n) is 9.38. The number of nitrogens with zero attached hydrogens (tertiary/aromatic N) is 2. The molecular weight excluding hydrogens is 696 g/mol. The number of carboxylic acid groups (broad SMARTS) is 1. The molecule has 1 atom stereocenters. The highest BCUT2D eigenvalue weighted by atomic mass is 79.9. The Morgan fingerprint density at radius 3 is 2.45 bits per heavy atom. The molecule has 4 rings (SSSR count). The van der Waals surface area contributed by atoms with Gasteiger partial charge in [-0.15, -0.1) is 0 Å². The van der Waals surface area contributed by atoms with E-state index in [4.69, 9.17) is 24.1 Å². The van der Waals surface area contributed by atoms with Gasteiger partial charge in [0.15, 0.2) is 22.9 Å². The molecule has 222 valence electrons. The molecule has 0 bridgehead atoms. The number of esters is 1. The van der Waals surface area contributed by atoms with Gasteiger partial charge in [-0.2, -0.15) is 0 Å². The topological polar surface area (TPSA) is 126 Å². The number of aromatic nitrogens is 1. The third kappa shape index (κ3) is 6.63. The Morgan fingerprint density at radius 2 is 1.86 bits per heavy atom. The van der Waals surface area contributed by atoms with E-state index in [9.17, 15) is 14.4 Å². The molecule has 1 N–H and O–H groups in total. The molecule has 0 amide bonds. The molecule has 3 aromatic rings. The van der Waals surface area contributed by atoms with E-state index in [-0.39, 0.29) is 23.8 Å². The number of hydrogen-bond donors (Lipinski definition) is 1. The van der Waals surface area contributed by atoms with Crippen molar-refractivity contribution in [3.05, 3.63) is 81.4 Å². The number of ether oxygens (including phenoxy) is 4. The minimum absolute atomic E-state index is 0.0856. The number of methoxy groups -OCH3 is 1. The molecule has 42 heavy (non-hydrogen) atoms. The van der Waals surface area contributed by atoms with E-state index in [1.807, 2.05) is 13.8 Å². The summed E-state index contributed by atoms with van der Waals surface area (Å²) in [5, 5.41) is 8.95. The van der Waals surface area contributed by atoms with Crippen molar-refractivity contribution in [3.8, 4) is 17.2 Å². The molecule has 13 heteroatoms. The van der Waals surface area contributed by atoms with E-state index in [1.165, 1.54) is 23.0 Å². The minimum atomic E-state index is -1.11. The molecule has 2 aromatic carbocycles. The number of aliphatic carboxylic acids is 1. The quantitative estimate of drug-likeness (QED) is 0.302. The number of thiazole rings is 1. The first-order chi connectivity index (χ1) is 19.9. The van der Waals surface area contributed by atoms with E-state index in [0.29, 0.717) is 52.4 Å². The number of halogens is 2. The predicted octanol–water partition coefficient (Wildman–Crippen LogP) is 4.58. The lowest BCUT2D eigenvalue weighted by molar-refractivity contribution is -0.140. The Hall–Kier alpha value is -3.42. The fourth-order valence-electron chi connectivity index (χ4n) is 4.40. The largest absolute Gasteiger partial charge is 0.493 e. The molecule has 0 aliphatic carbocycles. The van der Waals surface area contributed by atoms with Crippen LogP contribution in [0.4, 0.5) is 0 Å². The van der Waals surface area contributed by atoms with Crippen LogP contribution in [0.1, 0.15) is 44.9 Å². The highest BCUT2D eigenvalue weighted by molar-refractivity contribution is 9.11. The van der Waals surface area contributed by atoms with Crippen molar-refractivity contribution >= 4 is 61.2 Å². The van der Waals surface area contributed by atoms with Gasteiger partial charge in [0, 0.05) is 0 Å². The zero-order chi connectivity index (χ0) is 30.7. The van der Waals surface area contributed by atoms with Crippen LogP contribution in [-0.4, -0.2) is 48.0 Å². The van der Waals surface area contributed by atoms with Crippen molar-refractivity contribution in [2.24, 2.45) is 4.99 Å². The van der Waals surface area contributed by atoms with Gasteiger partial charge in [0.1, 0.15) is 5.75 Å². The Bertz CT molecular complexity index is 1740. The van der Waals surface area contributed by atoms with Crippen LogP contribution in [0, 0.1) is 0 Å². The summed E-state index contributed by atoms with van der Waals surface area (Å²) in [7, 11) is 1.53. The number of hydrogen-bond acceptors (Lipinski definition) is 9. The summed E-state index contributed by atoms with van der Waals surface area (Å²) < 4.78 is 25.1. The fourth-order valence-corrected chi connectivity index (χ4v) is 6.90. The summed E-state index contributed by atoms with van der Waals surface area (Å²) >= 11 is 8.01. The first-order valence-electron chi connectivity index (χ1n) is 12.8. The molecule has 0 saturated heterocycles. The molecule has 1 aromatic heterocycles.